The van der Waals surface area contributed by atoms with Gasteiger partial charge >= 0.3 is 0 Å². The van der Waals surface area contributed by atoms with Crippen LogP contribution in [0.25, 0.3) is 0 Å². The Hall–Kier alpha value is -2.38. The molecule has 1 N–H and O–H groups in total. The number of rotatable bonds is 6. The lowest BCUT2D eigenvalue weighted by Gasteiger charge is -2.12. The molecule has 0 spiro atoms. The average molecular weight is 348 g/mol. The van der Waals surface area contributed by atoms with Crippen molar-refractivity contribution < 1.29 is 17.9 Å². The number of nitrogens with zero attached hydrogens (tertiary/aromatic N) is 1. The Morgan fingerprint density at radius 1 is 1.04 bits per heavy atom. The summed E-state index contributed by atoms with van der Waals surface area (Å²) in [5.74, 6) is 0.135. The van der Waals surface area contributed by atoms with Crippen molar-refractivity contribution >= 4 is 21.6 Å². The fourth-order valence-electron chi connectivity index (χ4n) is 1.90. The van der Waals surface area contributed by atoms with Gasteiger partial charge in [0.1, 0.15) is 5.75 Å². The van der Waals surface area contributed by atoms with E-state index in [9.17, 15) is 13.2 Å². The number of nitrogens with one attached hydrogen (secondary N) is 1. The molecule has 2 aromatic rings. The average Bonchev–Trinajstić information content (AvgIpc) is 2.55. The summed E-state index contributed by atoms with van der Waals surface area (Å²) in [5.41, 5.74) is 1.80. The van der Waals surface area contributed by atoms with Gasteiger partial charge in [-0.2, -0.15) is 0 Å². The van der Waals surface area contributed by atoms with E-state index in [1.807, 2.05) is 31.2 Å². The lowest BCUT2D eigenvalue weighted by molar-refractivity contribution is -0.118. The predicted octanol–water partition coefficient (Wildman–Crippen LogP) is 2.26. The van der Waals surface area contributed by atoms with E-state index in [2.05, 4.69) is 5.32 Å². The molecule has 0 atom stereocenters. The quantitative estimate of drug-likeness (QED) is 0.869. The van der Waals surface area contributed by atoms with E-state index < -0.39 is 10.0 Å². The highest BCUT2D eigenvalue weighted by Crippen LogP contribution is 2.18. The van der Waals surface area contributed by atoms with Gasteiger partial charge in [-0.05, 0) is 43.3 Å². The van der Waals surface area contributed by atoms with E-state index in [4.69, 9.17) is 4.74 Å². The van der Waals surface area contributed by atoms with E-state index in [1.165, 1.54) is 38.4 Å². The summed E-state index contributed by atoms with van der Waals surface area (Å²) in [6, 6.07) is 13.4. The summed E-state index contributed by atoms with van der Waals surface area (Å²) in [5, 5.41) is 2.72. The van der Waals surface area contributed by atoms with Crippen LogP contribution in [0.5, 0.6) is 5.75 Å². The summed E-state index contributed by atoms with van der Waals surface area (Å²) >= 11 is 0. The monoisotopic (exact) mass is 348 g/mol. The van der Waals surface area contributed by atoms with Crippen molar-refractivity contribution in [1.82, 2.24) is 4.31 Å². The fraction of sp³-hybridized carbons (Fsp3) is 0.235. The molecule has 2 rings (SSSR count). The van der Waals surface area contributed by atoms with Gasteiger partial charge in [-0.3, -0.25) is 4.79 Å². The van der Waals surface area contributed by atoms with Gasteiger partial charge in [0.15, 0.2) is 6.61 Å². The molecule has 7 heteroatoms. The van der Waals surface area contributed by atoms with E-state index in [-0.39, 0.29) is 17.4 Å². The van der Waals surface area contributed by atoms with Crippen molar-refractivity contribution in [2.75, 3.05) is 26.0 Å². The van der Waals surface area contributed by atoms with Crippen LogP contribution >= 0.6 is 0 Å². The topological polar surface area (TPSA) is 75.7 Å². The highest BCUT2D eigenvalue weighted by molar-refractivity contribution is 7.89. The summed E-state index contributed by atoms with van der Waals surface area (Å²) in [6.45, 7) is 1.81. The van der Waals surface area contributed by atoms with Crippen LogP contribution in [0, 0.1) is 6.92 Å². The van der Waals surface area contributed by atoms with Gasteiger partial charge < -0.3 is 10.1 Å². The van der Waals surface area contributed by atoms with Gasteiger partial charge in [-0.1, -0.05) is 17.7 Å². The third-order valence-corrected chi connectivity index (χ3v) is 5.14. The second kappa shape index (κ2) is 7.46. The number of amides is 1. The number of carbonyl (C=O) groups is 1. The molecule has 0 bridgehead atoms. The first-order valence-electron chi connectivity index (χ1n) is 7.31. The summed E-state index contributed by atoms with van der Waals surface area (Å²) in [6.07, 6.45) is 0. The van der Waals surface area contributed by atoms with E-state index in [0.29, 0.717) is 11.4 Å². The SMILES string of the molecule is Cc1ccc(NC(=O)COc2ccc(S(=O)(=O)N(C)C)cc2)cc1. The Labute approximate surface area is 142 Å². The van der Waals surface area contributed by atoms with Gasteiger partial charge in [0, 0.05) is 19.8 Å². The fourth-order valence-corrected chi connectivity index (χ4v) is 2.80. The van der Waals surface area contributed by atoms with Gasteiger partial charge in [0.25, 0.3) is 5.91 Å². The van der Waals surface area contributed by atoms with Crippen LogP contribution in [-0.2, 0) is 14.8 Å². The van der Waals surface area contributed by atoms with Crippen LogP contribution in [0.15, 0.2) is 53.4 Å². The molecule has 0 unspecified atom stereocenters. The van der Waals surface area contributed by atoms with Crippen molar-refractivity contribution in [3.63, 3.8) is 0 Å². The molecule has 0 saturated carbocycles. The van der Waals surface area contributed by atoms with Crippen molar-refractivity contribution in [1.29, 1.82) is 0 Å². The van der Waals surface area contributed by atoms with Crippen LogP contribution in [0.3, 0.4) is 0 Å². The van der Waals surface area contributed by atoms with Crippen LogP contribution in [0.1, 0.15) is 5.56 Å². The zero-order valence-corrected chi connectivity index (χ0v) is 14.6. The minimum atomic E-state index is -3.47. The molecule has 0 aliphatic carbocycles. The third kappa shape index (κ3) is 4.56. The lowest BCUT2D eigenvalue weighted by Crippen LogP contribution is -2.22. The molecule has 0 aliphatic rings. The highest BCUT2D eigenvalue weighted by atomic mass is 32.2. The Balaban J connectivity index is 1.92. The van der Waals surface area contributed by atoms with Gasteiger partial charge in [-0.25, -0.2) is 12.7 Å². The standard InChI is InChI=1S/C17H20N2O4S/c1-13-4-6-14(7-5-13)18-17(20)12-23-15-8-10-16(11-9-15)24(21,22)19(2)3/h4-11H,12H2,1-3H3,(H,18,20). The predicted molar refractivity (Wildman–Crippen MR) is 92.6 cm³/mol. The lowest BCUT2D eigenvalue weighted by atomic mass is 10.2. The Morgan fingerprint density at radius 3 is 2.17 bits per heavy atom. The maximum atomic E-state index is 12.0. The molecule has 0 saturated heterocycles. The molecular formula is C17H20N2O4S. The first-order chi connectivity index (χ1) is 11.3. The molecule has 2 aromatic carbocycles. The Kier molecular flexibility index (Phi) is 5.58. The van der Waals surface area contributed by atoms with Crippen molar-refractivity contribution in [2.45, 2.75) is 11.8 Å². The third-order valence-electron chi connectivity index (χ3n) is 3.31. The van der Waals surface area contributed by atoms with Gasteiger partial charge in [0.05, 0.1) is 4.90 Å². The highest BCUT2D eigenvalue weighted by Gasteiger charge is 2.16. The van der Waals surface area contributed by atoms with Crippen LogP contribution in [-0.4, -0.2) is 39.3 Å². The molecular weight excluding hydrogens is 328 g/mol. The molecule has 128 valence electrons. The van der Waals surface area contributed by atoms with Gasteiger partial charge in [0.2, 0.25) is 10.0 Å². The largest absolute Gasteiger partial charge is 0.484 e. The van der Waals surface area contributed by atoms with Crippen molar-refractivity contribution in [3.05, 3.63) is 54.1 Å². The minimum Gasteiger partial charge on any atom is -0.484 e. The number of sulfonamides is 1. The maximum Gasteiger partial charge on any atom is 0.262 e. The van der Waals surface area contributed by atoms with E-state index >= 15 is 0 Å². The normalized spacial score (nSPS) is 11.3. The van der Waals surface area contributed by atoms with Crippen LogP contribution < -0.4 is 10.1 Å². The molecule has 6 nitrogen and oxygen atoms in total. The van der Waals surface area contributed by atoms with Crippen molar-refractivity contribution in [3.8, 4) is 5.75 Å². The Bertz CT molecular complexity index is 797. The molecule has 0 radical (unpaired) electrons. The van der Waals surface area contributed by atoms with Crippen molar-refractivity contribution in [2.24, 2.45) is 0 Å². The zero-order valence-electron chi connectivity index (χ0n) is 13.8. The first-order valence-corrected chi connectivity index (χ1v) is 8.75. The van der Waals surface area contributed by atoms with Crippen LogP contribution in [0.2, 0.25) is 0 Å². The molecule has 0 aliphatic heterocycles. The molecule has 1 amide bonds. The summed E-state index contributed by atoms with van der Waals surface area (Å²) < 4.78 is 30.4. The number of hydrogen-bond donors (Lipinski definition) is 1. The van der Waals surface area contributed by atoms with Crippen LogP contribution in [0.4, 0.5) is 5.69 Å². The molecule has 0 fully saturated rings. The summed E-state index contributed by atoms with van der Waals surface area (Å²) in [4.78, 5) is 12.0. The molecule has 24 heavy (non-hydrogen) atoms. The molecule has 0 aromatic heterocycles. The minimum absolute atomic E-state index is 0.159. The second-order valence-electron chi connectivity index (χ2n) is 5.46. The van der Waals surface area contributed by atoms with Gasteiger partial charge in [-0.15, -0.1) is 0 Å². The first kappa shape index (κ1) is 18.0. The smallest absolute Gasteiger partial charge is 0.262 e. The number of ether oxygens (including phenoxy) is 1. The number of aryl methyl sites for hydroxylation is 1. The Morgan fingerprint density at radius 2 is 1.62 bits per heavy atom. The number of benzene rings is 2. The second-order valence-corrected chi connectivity index (χ2v) is 7.61. The summed E-state index contributed by atoms with van der Waals surface area (Å²) in [7, 11) is -0.536. The van der Waals surface area contributed by atoms with E-state index in [1.54, 1.807) is 0 Å². The molecule has 0 heterocycles. The van der Waals surface area contributed by atoms with E-state index in [0.717, 1.165) is 9.87 Å². The number of carbonyl (C=O) groups excluding carboxylic acids is 1. The number of anilines is 1. The zero-order chi connectivity index (χ0) is 17.7. The number of hydrogen-bond acceptors (Lipinski definition) is 4. The maximum absolute atomic E-state index is 12.0.